The predicted octanol–water partition coefficient (Wildman–Crippen LogP) is 3.96. The zero-order valence-corrected chi connectivity index (χ0v) is 24.6. The Hall–Kier alpha value is -2.39. The van der Waals surface area contributed by atoms with Gasteiger partial charge in [0.05, 0.1) is 11.9 Å². The van der Waals surface area contributed by atoms with Gasteiger partial charge in [-0.2, -0.15) is 0 Å². The normalized spacial score (nSPS) is 42.4. The Labute approximate surface area is 242 Å². The summed E-state index contributed by atoms with van der Waals surface area (Å²) in [7, 11) is 0. The van der Waals surface area contributed by atoms with Crippen LogP contribution in [0.15, 0.2) is 27.6 Å². The maximum Gasteiger partial charge on any atom is 0.335 e. The van der Waals surface area contributed by atoms with Crippen LogP contribution in [-0.2, 0) is 4.79 Å². The number of aliphatic carboxylic acids is 1. The van der Waals surface area contributed by atoms with E-state index >= 15 is 0 Å². The number of carbonyl (C=O) groups excluding carboxylic acids is 1. The molecule has 0 unspecified atom stereocenters. The SMILES string of the molecule is C[C@]12CC[C@H](NC(=O)N3CCCNCC3)C[C@H]1CC[C@@H]1[C@@H]2CC[C@]2(C)[C@@H](c3ccc(=O)oc3)[C@H](CC(=O)O)C[C@]12O. The van der Waals surface area contributed by atoms with Crippen LogP contribution in [0.4, 0.5) is 4.79 Å². The Kier molecular flexibility index (Phi) is 7.50. The Morgan fingerprint density at radius 2 is 1.93 bits per heavy atom. The molecule has 0 spiro atoms. The van der Waals surface area contributed by atoms with Crippen LogP contribution in [0.3, 0.4) is 0 Å². The number of carboxylic acids is 1. The molecule has 226 valence electrons. The van der Waals surface area contributed by atoms with E-state index in [4.69, 9.17) is 4.42 Å². The molecular formula is C32H47N3O6. The van der Waals surface area contributed by atoms with E-state index in [-0.39, 0.29) is 41.7 Å². The minimum absolute atomic E-state index is 0.00652. The molecule has 1 aromatic rings. The van der Waals surface area contributed by atoms with Gasteiger partial charge in [0.2, 0.25) is 0 Å². The quantitative estimate of drug-likeness (QED) is 0.432. The molecule has 6 rings (SSSR count). The number of hydrogen-bond donors (Lipinski definition) is 4. The average molecular weight is 570 g/mol. The highest BCUT2D eigenvalue weighted by molar-refractivity contribution is 5.74. The summed E-state index contributed by atoms with van der Waals surface area (Å²) in [6.07, 6.45) is 9.66. The third-order valence-corrected chi connectivity index (χ3v) is 12.5. The summed E-state index contributed by atoms with van der Waals surface area (Å²) in [5.74, 6) is -0.288. The van der Waals surface area contributed by atoms with Crippen molar-refractivity contribution in [2.75, 3.05) is 26.2 Å². The fourth-order valence-corrected chi connectivity index (χ4v) is 10.5. The Bertz CT molecular complexity index is 1190. The summed E-state index contributed by atoms with van der Waals surface area (Å²) in [5.41, 5.74) is -0.981. The van der Waals surface area contributed by atoms with Gasteiger partial charge in [0.15, 0.2) is 0 Å². The zero-order chi connectivity index (χ0) is 29.0. The van der Waals surface area contributed by atoms with Gasteiger partial charge in [0, 0.05) is 43.6 Å². The lowest BCUT2D eigenvalue weighted by Crippen LogP contribution is -2.62. The van der Waals surface area contributed by atoms with Gasteiger partial charge in [0.25, 0.3) is 0 Å². The highest BCUT2D eigenvalue weighted by Crippen LogP contribution is 2.72. The second-order valence-electron chi connectivity index (χ2n) is 14.3. The number of carbonyl (C=O) groups is 2. The van der Waals surface area contributed by atoms with E-state index < -0.39 is 22.6 Å². The molecule has 5 aliphatic rings. The molecule has 9 nitrogen and oxygen atoms in total. The fourth-order valence-electron chi connectivity index (χ4n) is 10.5. The first-order valence-corrected chi connectivity index (χ1v) is 15.8. The number of rotatable bonds is 4. The number of nitrogens with one attached hydrogen (secondary N) is 2. The number of nitrogens with zero attached hydrogens (tertiary/aromatic N) is 1. The van der Waals surface area contributed by atoms with Crippen molar-refractivity contribution < 1.29 is 24.2 Å². The van der Waals surface area contributed by atoms with Gasteiger partial charge in [-0.1, -0.05) is 13.8 Å². The molecule has 0 aromatic carbocycles. The lowest BCUT2D eigenvalue weighted by Gasteiger charge is -2.63. The van der Waals surface area contributed by atoms with Gasteiger partial charge < -0.3 is 30.2 Å². The van der Waals surface area contributed by atoms with Crippen LogP contribution in [0.25, 0.3) is 0 Å². The average Bonchev–Trinajstić information content (AvgIpc) is 3.09. The number of hydrogen-bond acceptors (Lipinski definition) is 6. The first-order valence-electron chi connectivity index (χ1n) is 15.8. The van der Waals surface area contributed by atoms with E-state index in [2.05, 4.69) is 24.5 Å². The Balaban J connectivity index is 1.21. The summed E-state index contributed by atoms with van der Waals surface area (Å²) in [6, 6.07) is 3.43. The number of urea groups is 1. The molecule has 4 saturated carbocycles. The van der Waals surface area contributed by atoms with Gasteiger partial charge in [-0.3, -0.25) is 4.79 Å². The summed E-state index contributed by atoms with van der Waals surface area (Å²) in [6.45, 7) is 7.93. The van der Waals surface area contributed by atoms with Crippen molar-refractivity contribution >= 4 is 12.0 Å². The van der Waals surface area contributed by atoms with Gasteiger partial charge in [0.1, 0.15) is 0 Å². The molecule has 2 amide bonds. The van der Waals surface area contributed by atoms with Crippen LogP contribution in [0.2, 0.25) is 0 Å². The molecule has 0 bridgehead atoms. The lowest BCUT2D eigenvalue weighted by molar-refractivity contribution is -0.202. The second-order valence-corrected chi connectivity index (χ2v) is 14.3. The summed E-state index contributed by atoms with van der Waals surface area (Å²) in [4.78, 5) is 38.7. The van der Waals surface area contributed by atoms with Gasteiger partial charge in [-0.15, -0.1) is 0 Å². The standard InChI is InChI=1S/C32H47N3O6/c1-30-10-8-23(34-29(39)35-14-3-12-33-13-15-35)17-22(30)5-6-25-24(30)9-11-31(2)28(20-4-7-27(38)41-19-20)21(16-26(36)37)18-32(25,31)40/h4,7,19,21-25,28,33,40H,3,5-6,8-18H2,1-2H3,(H,34,39)(H,36,37)/t21-,22-,23+,24+,25-,28+,30+,31-,32+/m1/s1. The highest BCUT2D eigenvalue weighted by atomic mass is 16.4. The number of amides is 2. The van der Waals surface area contributed by atoms with Crippen molar-refractivity contribution in [3.05, 3.63) is 34.4 Å². The first kappa shape index (κ1) is 28.7. The molecule has 9 heteroatoms. The third kappa shape index (κ3) is 4.81. The van der Waals surface area contributed by atoms with Crippen molar-refractivity contribution in [2.45, 2.75) is 95.6 Å². The van der Waals surface area contributed by atoms with E-state index in [0.29, 0.717) is 18.3 Å². The molecule has 2 heterocycles. The molecular weight excluding hydrogens is 522 g/mol. The van der Waals surface area contributed by atoms with Crippen molar-refractivity contribution in [2.24, 2.45) is 34.5 Å². The molecule has 41 heavy (non-hydrogen) atoms. The van der Waals surface area contributed by atoms with Crippen molar-refractivity contribution in [3.63, 3.8) is 0 Å². The predicted molar refractivity (Wildman–Crippen MR) is 153 cm³/mol. The minimum Gasteiger partial charge on any atom is -0.481 e. The van der Waals surface area contributed by atoms with Crippen molar-refractivity contribution in [1.29, 1.82) is 0 Å². The maximum absolute atomic E-state index is 13.1. The topological polar surface area (TPSA) is 132 Å². The second kappa shape index (κ2) is 10.7. The van der Waals surface area contributed by atoms with Gasteiger partial charge in [-0.05, 0) is 111 Å². The maximum atomic E-state index is 13.1. The minimum atomic E-state index is -0.976. The molecule has 4 aliphatic carbocycles. The Morgan fingerprint density at radius 1 is 1.10 bits per heavy atom. The number of aliphatic hydroxyl groups is 1. The monoisotopic (exact) mass is 569 g/mol. The zero-order valence-electron chi connectivity index (χ0n) is 24.6. The van der Waals surface area contributed by atoms with Crippen LogP contribution in [0.5, 0.6) is 0 Å². The van der Waals surface area contributed by atoms with E-state index in [1.165, 1.54) is 12.3 Å². The van der Waals surface area contributed by atoms with Crippen LogP contribution in [0, 0.1) is 34.5 Å². The van der Waals surface area contributed by atoms with Crippen molar-refractivity contribution in [3.8, 4) is 0 Å². The lowest BCUT2D eigenvalue weighted by atomic mass is 9.43. The van der Waals surface area contributed by atoms with E-state index in [1.54, 1.807) is 6.07 Å². The number of carboxylic acid groups (broad SMARTS) is 1. The van der Waals surface area contributed by atoms with Crippen LogP contribution in [-0.4, -0.2) is 64.9 Å². The molecule has 1 aromatic heterocycles. The number of fused-ring (bicyclic) bond motifs is 5. The smallest absolute Gasteiger partial charge is 0.335 e. The Morgan fingerprint density at radius 3 is 2.68 bits per heavy atom. The van der Waals surface area contributed by atoms with E-state index in [9.17, 15) is 24.6 Å². The molecule has 4 N–H and O–H groups in total. The highest BCUT2D eigenvalue weighted by Gasteiger charge is 2.69. The fraction of sp³-hybridized carbons (Fsp3) is 0.781. The molecule has 1 saturated heterocycles. The van der Waals surface area contributed by atoms with Crippen LogP contribution >= 0.6 is 0 Å². The summed E-state index contributed by atoms with van der Waals surface area (Å²) in [5, 5.41) is 29.3. The van der Waals surface area contributed by atoms with Crippen molar-refractivity contribution in [1.82, 2.24) is 15.5 Å². The molecule has 5 fully saturated rings. The summed E-state index contributed by atoms with van der Waals surface area (Å²) >= 11 is 0. The van der Waals surface area contributed by atoms with Gasteiger partial charge in [-0.25, -0.2) is 9.59 Å². The van der Waals surface area contributed by atoms with E-state index in [0.717, 1.165) is 83.1 Å². The summed E-state index contributed by atoms with van der Waals surface area (Å²) < 4.78 is 5.24. The molecule has 9 atom stereocenters. The van der Waals surface area contributed by atoms with E-state index in [1.807, 2.05) is 4.90 Å². The van der Waals surface area contributed by atoms with Crippen LogP contribution in [0.1, 0.15) is 89.5 Å². The van der Waals surface area contributed by atoms with Gasteiger partial charge >= 0.3 is 17.6 Å². The first-order chi connectivity index (χ1) is 19.5. The largest absolute Gasteiger partial charge is 0.481 e. The van der Waals surface area contributed by atoms with Crippen LogP contribution < -0.4 is 16.3 Å². The molecule has 1 aliphatic heterocycles. The third-order valence-electron chi connectivity index (χ3n) is 12.5. The molecule has 0 radical (unpaired) electrons.